The standard InChI is InChI=1S/C13H16BrF2NO3/c1-7(3-8(2)17-13(18)19)6-20-12-5-10(15)9(14)4-11(12)16/h4-5,7-8,17H,3,6H2,1-2H3,(H,18,19)/t7-,8?/m0/s1. The lowest BCUT2D eigenvalue weighted by Crippen LogP contribution is -2.33. The molecule has 0 fully saturated rings. The molecule has 0 aromatic heterocycles. The van der Waals surface area contributed by atoms with Crippen LogP contribution in [0.25, 0.3) is 0 Å². The number of ether oxygens (including phenoxy) is 1. The Labute approximate surface area is 124 Å². The van der Waals surface area contributed by atoms with Crippen LogP contribution in [0.3, 0.4) is 0 Å². The predicted molar refractivity (Wildman–Crippen MR) is 74.0 cm³/mol. The van der Waals surface area contributed by atoms with Gasteiger partial charge in [-0.1, -0.05) is 6.92 Å². The van der Waals surface area contributed by atoms with Crippen molar-refractivity contribution >= 4 is 22.0 Å². The van der Waals surface area contributed by atoms with E-state index in [0.29, 0.717) is 6.42 Å². The Kier molecular flexibility index (Phi) is 6.19. The maximum atomic E-state index is 13.5. The van der Waals surface area contributed by atoms with E-state index >= 15 is 0 Å². The number of carbonyl (C=O) groups is 1. The highest BCUT2D eigenvalue weighted by molar-refractivity contribution is 9.10. The number of carboxylic acid groups (broad SMARTS) is 1. The topological polar surface area (TPSA) is 58.6 Å². The Morgan fingerprint density at radius 2 is 2.05 bits per heavy atom. The van der Waals surface area contributed by atoms with Crippen molar-refractivity contribution in [3.05, 3.63) is 28.2 Å². The van der Waals surface area contributed by atoms with Gasteiger partial charge >= 0.3 is 6.09 Å². The second kappa shape index (κ2) is 7.42. The summed E-state index contributed by atoms with van der Waals surface area (Å²) in [6, 6.07) is 1.74. The average molecular weight is 352 g/mol. The van der Waals surface area contributed by atoms with Crippen LogP contribution in [-0.4, -0.2) is 23.8 Å². The second-order valence-corrected chi connectivity index (χ2v) is 5.55. The van der Waals surface area contributed by atoms with Crippen molar-refractivity contribution in [3.63, 3.8) is 0 Å². The fourth-order valence-corrected chi connectivity index (χ4v) is 2.10. The normalized spacial score (nSPS) is 13.7. The lowest BCUT2D eigenvalue weighted by Gasteiger charge is -2.18. The zero-order valence-electron chi connectivity index (χ0n) is 11.1. The first-order valence-corrected chi connectivity index (χ1v) is 6.85. The summed E-state index contributed by atoms with van der Waals surface area (Å²) in [5.74, 6) is -1.42. The Balaban J connectivity index is 2.50. The maximum absolute atomic E-state index is 13.5. The van der Waals surface area contributed by atoms with Crippen LogP contribution in [0.1, 0.15) is 20.3 Å². The number of hydrogen-bond acceptors (Lipinski definition) is 2. The summed E-state index contributed by atoms with van der Waals surface area (Å²) < 4.78 is 32.0. The minimum Gasteiger partial charge on any atom is -0.490 e. The van der Waals surface area contributed by atoms with Crippen LogP contribution in [0.4, 0.5) is 13.6 Å². The molecule has 0 saturated carbocycles. The second-order valence-electron chi connectivity index (χ2n) is 4.70. The number of hydrogen-bond donors (Lipinski definition) is 2. The van der Waals surface area contributed by atoms with Crippen LogP contribution < -0.4 is 10.1 Å². The van der Waals surface area contributed by atoms with E-state index in [-0.39, 0.29) is 28.8 Å². The quantitative estimate of drug-likeness (QED) is 0.766. The molecule has 1 unspecified atom stereocenters. The van der Waals surface area contributed by atoms with E-state index < -0.39 is 17.7 Å². The molecule has 0 bridgehead atoms. The third kappa shape index (κ3) is 5.32. The molecule has 0 spiro atoms. The van der Waals surface area contributed by atoms with Gasteiger partial charge in [-0.05, 0) is 41.3 Å². The summed E-state index contributed by atoms with van der Waals surface area (Å²) in [7, 11) is 0. The van der Waals surface area contributed by atoms with E-state index in [1.54, 1.807) is 6.92 Å². The van der Waals surface area contributed by atoms with Crippen LogP contribution in [0.2, 0.25) is 0 Å². The first-order valence-electron chi connectivity index (χ1n) is 6.06. The molecule has 2 atom stereocenters. The van der Waals surface area contributed by atoms with Crippen molar-refractivity contribution in [2.75, 3.05) is 6.61 Å². The van der Waals surface area contributed by atoms with Gasteiger partial charge in [-0.3, -0.25) is 0 Å². The molecule has 0 saturated heterocycles. The fraction of sp³-hybridized carbons (Fsp3) is 0.462. The molecule has 0 aliphatic carbocycles. The van der Waals surface area contributed by atoms with Crippen molar-refractivity contribution in [2.24, 2.45) is 5.92 Å². The van der Waals surface area contributed by atoms with E-state index in [4.69, 9.17) is 9.84 Å². The monoisotopic (exact) mass is 351 g/mol. The van der Waals surface area contributed by atoms with Gasteiger partial charge in [-0.2, -0.15) is 0 Å². The molecule has 1 aromatic carbocycles. The smallest absolute Gasteiger partial charge is 0.404 e. The SMILES string of the molecule is CC(C[C@H](C)COc1cc(F)c(Br)cc1F)NC(=O)O. The minimum absolute atomic E-state index is 0.0111. The van der Waals surface area contributed by atoms with E-state index in [1.807, 2.05) is 6.92 Å². The van der Waals surface area contributed by atoms with Gasteiger partial charge in [0.25, 0.3) is 0 Å². The lowest BCUT2D eigenvalue weighted by molar-refractivity contribution is 0.185. The number of rotatable bonds is 6. The van der Waals surface area contributed by atoms with Crippen LogP contribution in [0.5, 0.6) is 5.75 Å². The summed E-state index contributed by atoms with van der Waals surface area (Å²) >= 11 is 2.88. The first-order chi connectivity index (χ1) is 9.29. The molecule has 0 heterocycles. The molecular weight excluding hydrogens is 336 g/mol. The van der Waals surface area contributed by atoms with Gasteiger partial charge in [0.1, 0.15) is 5.82 Å². The molecule has 2 N–H and O–H groups in total. The number of halogens is 3. The van der Waals surface area contributed by atoms with Gasteiger partial charge < -0.3 is 15.2 Å². The molecule has 1 amide bonds. The highest BCUT2D eigenvalue weighted by Crippen LogP contribution is 2.25. The van der Waals surface area contributed by atoms with Gasteiger partial charge in [-0.15, -0.1) is 0 Å². The molecule has 7 heteroatoms. The third-order valence-electron chi connectivity index (χ3n) is 2.62. The third-order valence-corrected chi connectivity index (χ3v) is 3.23. The molecule has 0 aliphatic heterocycles. The Bertz CT molecular complexity index is 485. The van der Waals surface area contributed by atoms with Crippen LogP contribution in [0.15, 0.2) is 16.6 Å². The highest BCUT2D eigenvalue weighted by Gasteiger charge is 2.14. The van der Waals surface area contributed by atoms with Crippen LogP contribution >= 0.6 is 15.9 Å². The van der Waals surface area contributed by atoms with E-state index in [0.717, 1.165) is 12.1 Å². The predicted octanol–water partition coefficient (Wildman–Crippen LogP) is 3.79. The summed E-state index contributed by atoms with van der Waals surface area (Å²) in [5, 5.41) is 10.9. The lowest BCUT2D eigenvalue weighted by atomic mass is 10.0. The summed E-state index contributed by atoms with van der Waals surface area (Å²) in [6.45, 7) is 3.74. The maximum Gasteiger partial charge on any atom is 0.404 e. The molecule has 20 heavy (non-hydrogen) atoms. The van der Waals surface area contributed by atoms with Crippen LogP contribution in [0, 0.1) is 17.6 Å². The van der Waals surface area contributed by atoms with E-state index in [2.05, 4.69) is 21.2 Å². The number of benzene rings is 1. The molecule has 4 nitrogen and oxygen atoms in total. The molecule has 0 radical (unpaired) electrons. The number of nitrogens with one attached hydrogen (secondary N) is 1. The largest absolute Gasteiger partial charge is 0.490 e. The van der Waals surface area contributed by atoms with Crippen molar-refractivity contribution in [2.45, 2.75) is 26.3 Å². The van der Waals surface area contributed by atoms with Gasteiger partial charge in [0, 0.05) is 12.1 Å². The zero-order chi connectivity index (χ0) is 15.3. The minimum atomic E-state index is -1.09. The Morgan fingerprint density at radius 1 is 1.40 bits per heavy atom. The van der Waals surface area contributed by atoms with Gasteiger partial charge in [-0.25, -0.2) is 13.6 Å². The van der Waals surface area contributed by atoms with E-state index in [9.17, 15) is 13.6 Å². The van der Waals surface area contributed by atoms with Gasteiger partial charge in [0.15, 0.2) is 11.6 Å². The van der Waals surface area contributed by atoms with Crippen molar-refractivity contribution in [1.29, 1.82) is 0 Å². The highest BCUT2D eigenvalue weighted by atomic mass is 79.9. The molecule has 0 aliphatic rings. The van der Waals surface area contributed by atoms with Crippen molar-refractivity contribution < 1.29 is 23.4 Å². The average Bonchev–Trinajstić information content (AvgIpc) is 2.30. The van der Waals surface area contributed by atoms with Crippen molar-refractivity contribution in [3.8, 4) is 5.75 Å². The number of amides is 1. The summed E-state index contributed by atoms with van der Waals surface area (Å²) in [4.78, 5) is 10.4. The molecule has 1 rings (SSSR count). The Hall–Kier alpha value is -1.37. The van der Waals surface area contributed by atoms with Crippen LogP contribution in [-0.2, 0) is 0 Å². The summed E-state index contributed by atoms with van der Waals surface area (Å²) in [5.41, 5.74) is 0. The first kappa shape index (κ1) is 16.7. The molecule has 112 valence electrons. The van der Waals surface area contributed by atoms with E-state index in [1.165, 1.54) is 0 Å². The van der Waals surface area contributed by atoms with Crippen molar-refractivity contribution in [1.82, 2.24) is 5.32 Å². The fourth-order valence-electron chi connectivity index (χ4n) is 1.79. The summed E-state index contributed by atoms with van der Waals surface area (Å²) in [6.07, 6.45) is -0.556. The Morgan fingerprint density at radius 3 is 2.65 bits per heavy atom. The van der Waals surface area contributed by atoms with Gasteiger partial charge in [0.05, 0.1) is 11.1 Å². The molecule has 1 aromatic rings. The molecular formula is C13H16BrF2NO3. The zero-order valence-corrected chi connectivity index (χ0v) is 12.7. The van der Waals surface area contributed by atoms with Gasteiger partial charge in [0.2, 0.25) is 0 Å².